The highest BCUT2D eigenvalue weighted by atomic mass is 16.1. The summed E-state index contributed by atoms with van der Waals surface area (Å²) >= 11 is 0. The molecule has 3 rings (SSSR count). The first-order valence-corrected chi connectivity index (χ1v) is 5.64. The molecule has 19 heavy (non-hydrogen) atoms. The molecule has 1 N–H and O–H groups in total. The van der Waals surface area contributed by atoms with E-state index in [1.807, 2.05) is 13.0 Å². The summed E-state index contributed by atoms with van der Waals surface area (Å²) in [6.45, 7) is 1.88. The summed E-state index contributed by atoms with van der Waals surface area (Å²) in [6, 6.07) is 5.17. The van der Waals surface area contributed by atoms with Gasteiger partial charge in [-0.05, 0) is 25.1 Å². The molecular weight excluding hydrogens is 244 g/mol. The molecule has 0 saturated heterocycles. The van der Waals surface area contributed by atoms with Gasteiger partial charge in [-0.3, -0.25) is 15.1 Å². The first kappa shape index (κ1) is 11.3. The third-order valence-electron chi connectivity index (χ3n) is 2.58. The number of amides is 1. The molecule has 3 aromatic heterocycles. The molecule has 0 fully saturated rings. The van der Waals surface area contributed by atoms with Crippen LogP contribution < -0.4 is 5.32 Å². The van der Waals surface area contributed by atoms with E-state index < -0.39 is 0 Å². The van der Waals surface area contributed by atoms with Gasteiger partial charge in [-0.15, -0.1) is 5.10 Å². The maximum atomic E-state index is 11.9. The maximum Gasteiger partial charge on any atom is 0.259 e. The normalized spacial score (nSPS) is 10.6. The minimum Gasteiger partial charge on any atom is -0.289 e. The van der Waals surface area contributed by atoms with E-state index in [1.165, 1.54) is 6.20 Å². The van der Waals surface area contributed by atoms with Crippen LogP contribution in [0.2, 0.25) is 0 Å². The van der Waals surface area contributed by atoms with Gasteiger partial charge in [0.15, 0.2) is 0 Å². The summed E-state index contributed by atoms with van der Waals surface area (Å²) in [5.41, 5.74) is 1.34. The molecule has 0 saturated carbocycles. The Morgan fingerprint density at radius 2 is 2.21 bits per heavy atom. The van der Waals surface area contributed by atoms with Crippen LogP contribution in [0.25, 0.3) is 5.78 Å². The Morgan fingerprint density at radius 3 is 2.95 bits per heavy atom. The average molecular weight is 254 g/mol. The van der Waals surface area contributed by atoms with Crippen molar-refractivity contribution in [3.63, 3.8) is 0 Å². The summed E-state index contributed by atoms with van der Waals surface area (Å²) in [6.07, 6.45) is 4.73. The summed E-state index contributed by atoms with van der Waals surface area (Å²) in [5, 5.41) is 6.78. The van der Waals surface area contributed by atoms with Crippen LogP contribution >= 0.6 is 0 Å². The number of anilines is 1. The number of hydrogen-bond acceptors (Lipinski definition) is 5. The van der Waals surface area contributed by atoms with Gasteiger partial charge in [-0.2, -0.15) is 9.50 Å². The van der Waals surface area contributed by atoms with Crippen LogP contribution in [0.5, 0.6) is 0 Å². The SMILES string of the molecule is Cc1ccnc2nc(NC(=O)c3cccnc3)nn12. The third kappa shape index (κ3) is 2.13. The Hall–Kier alpha value is -2.83. The zero-order chi connectivity index (χ0) is 13.2. The van der Waals surface area contributed by atoms with Gasteiger partial charge in [0.1, 0.15) is 0 Å². The Bertz CT molecular complexity index is 736. The first-order valence-electron chi connectivity index (χ1n) is 5.64. The summed E-state index contributed by atoms with van der Waals surface area (Å²) < 4.78 is 1.57. The number of fused-ring (bicyclic) bond motifs is 1. The van der Waals surface area contributed by atoms with Gasteiger partial charge < -0.3 is 0 Å². The molecule has 0 atom stereocenters. The van der Waals surface area contributed by atoms with Crippen molar-refractivity contribution in [3.05, 3.63) is 48.0 Å². The van der Waals surface area contributed by atoms with Crippen LogP contribution in [-0.4, -0.2) is 30.5 Å². The van der Waals surface area contributed by atoms with Crippen LogP contribution in [0, 0.1) is 6.92 Å². The Balaban J connectivity index is 1.90. The Kier molecular flexibility index (Phi) is 2.64. The molecule has 94 valence electrons. The molecular formula is C12H10N6O. The molecule has 7 heteroatoms. The molecule has 1 amide bonds. The molecule has 0 radical (unpaired) electrons. The summed E-state index contributed by atoms with van der Waals surface area (Å²) in [5.74, 6) is 0.360. The van der Waals surface area contributed by atoms with Crippen molar-refractivity contribution in [1.29, 1.82) is 0 Å². The number of aromatic nitrogens is 5. The highest BCUT2D eigenvalue weighted by Crippen LogP contribution is 2.07. The van der Waals surface area contributed by atoms with E-state index in [2.05, 4.69) is 25.4 Å². The number of hydrogen-bond donors (Lipinski definition) is 1. The lowest BCUT2D eigenvalue weighted by Gasteiger charge is -1.98. The van der Waals surface area contributed by atoms with Crippen LogP contribution in [0.4, 0.5) is 5.95 Å². The average Bonchev–Trinajstić information content (AvgIpc) is 2.84. The Labute approximate surface area is 108 Å². The smallest absolute Gasteiger partial charge is 0.259 e. The highest BCUT2D eigenvalue weighted by molar-refractivity contribution is 6.03. The van der Waals surface area contributed by atoms with E-state index in [0.717, 1.165) is 5.69 Å². The molecule has 0 bridgehead atoms. The molecule has 0 aromatic carbocycles. The lowest BCUT2D eigenvalue weighted by molar-refractivity contribution is 0.102. The van der Waals surface area contributed by atoms with Gasteiger partial charge in [0.2, 0.25) is 0 Å². The standard InChI is InChI=1S/C12H10N6O/c1-8-4-6-14-12-16-11(17-18(8)12)15-10(19)9-3-2-5-13-7-9/h2-7H,1H3,(H,15,17,19). The fourth-order valence-corrected chi connectivity index (χ4v) is 1.63. The predicted octanol–water partition coefficient (Wildman–Crippen LogP) is 1.08. The molecule has 3 heterocycles. The fourth-order valence-electron chi connectivity index (χ4n) is 1.63. The molecule has 0 spiro atoms. The van der Waals surface area contributed by atoms with Crippen molar-refractivity contribution < 1.29 is 4.79 Å². The second-order valence-corrected chi connectivity index (χ2v) is 3.93. The van der Waals surface area contributed by atoms with E-state index in [4.69, 9.17) is 0 Å². The quantitative estimate of drug-likeness (QED) is 0.739. The molecule has 7 nitrogen and oxygen atoms in total. The van der Waals surface area contributed by atoms with Crippen molar-refractivity contribution in [3.8, 4) is 0 Å². The topological polar surface area (TPSA) is 85.1 Å². The van der Waals surface area contributed by atoms with E-state index in [0.29, 0.717) is 11.3 Å². The molecule has 3 aromatic rings. The van der Waals surface area contributed by atoms with Crippen molar-refractivity contribution in [1.82, 2.24) is 24.6 Å². The van der Waals surface area contributed by atoms with E-state index >= 15 is 0 Å². The predicted molar refractivity (Wildman–Crippen MR) is 67.7 cm³/mol. The Morgan fingerprint density at radius 1 is 1.32 bits per heavy atom. The number of pyridine rings is 1. The van der Waals surface area contributed by atoms with Crippen LogP contribution in [0.1, 0.15) is 16.1 Å². The van der Waals surface area contributed by atoms with Crippen molar-refractivity contribution in [2.24, 2.45) is 0 Å². The number of carbonyl (C=O) groups excluding carboxylic acids is 1. The van der Waals surface area contributed by atoms with Crippen LogP contribution in [0.15, 0.2) is 36.8 Å². The second-order valence-electron chi connectivity index (χ2n) is 3.93. The van der Waals surface area contributed by atoms with Gasteiger partial charge in [0.25, 0.3) is 17.6 Å². The van der Waals surface area contributed by atoms with E-state index in [9.17, 15) is 4.79 Å². The minimum atomic E-state index is -0.304. The third-order valence-corrected chi connectivity index (χ3v) is 2.58. The molecule has 0 unspecified atom stereocenters. The van der Waals surface area contributed by atoms with Crippen molar-refractivity contribution >= 4 is 17.6 Å². The van der Waals surface area contributed by atoms with Gasteiger partial charge >= 0.3 is 0 Å². The van der Waals surface area contributed by atoms with Crippen molar-refractivity contribution in [2.45, 2.75) is 6.92 Å². The number of rotatable bonds is 2. The van der Waals surface area contributed by atoms with Crippen molar-refractivity contribution in [2.75, 3.05) is 5.32 Å². The second kappa shape index (κ2) is 4.45. The lowest BCUT2D eigenvalue weighted by atomic mass is 10.3. The zero-order valence-electron chi connectivity index (χ0n) is 10.1. The number of nitrogens with one attached hydrogen (secondary N) is 1. The van der Waals surface area contributed by atoms with Gasteiger partial charge in [0.05, 0.1) is 5.56 Å². The molecule has 0 aliphatic rings. The first-order chi connectivity index (χ1) is 9.24. The van der Waals surface area contributed by atoms with E-state index in [1.54, 1.807) is 29.0 Å². The number of nitrogens with zero attached hydrogens (tertiary/aromatic N) is 5. The summed E-state index contributed by atoms with van der Waals surface area (Å²) in [7, 11) is 0. The number of aryl methyl sites for hydroxylation is 1. The van der Waals surface area contributed by atoms with Crippen LogP contribution in [-0.2, 0) is 0 Å². The molecule has 0 aliphatic heterocycles. The monoisotopic (exact) mass is 254 g/mol. The molecule has 0 aliphatic carbocycles. The van der Waals surface area contributed by atoms with Crippen LogP contribution in [0.3, 0.4) is 0 Å². The van der Waals surface area contributed by atoms with Gasteiger partial charge in [-0.25, -0.2) is 4.98 Å². The largest absolute Gasteiger partial charge is 0.289 e. The maximum absolute atomic E-state index is 11.9. The van der Waals surface area contributed by atoms with Gasteiger partial charge in [-0.1, -0.05) is 0 Å². The fraction of sp³-hybridized carbons (Fsp3) is 0.0833. The zero-order valence-corrected chi connectivity index (χ0v) is 10.1. The minimum absolute atomic E-state index is 0.218. The van der Waals surface area contributed by atoms with E-state index in [-0.39, 0.29) is 11.9 Å². The van der Waals surface area contributed by atoms with Gasteiger partial charge in [0, 0.05) is 24.3 Å². The highest BCUT2D eigenvalue weighted by Gasteiger charge is 2.11. The lowest BCUT2D eigenvalue weighted by Crippen LogP contribution is -2.13. The number of carbonyl (C=O) groups is 1. The summed E-state index contributed by atoms with van der Waals surface area (Å²) in [4.78, 5) is 24.0.